The number of non-ortho nitro benzene ring substituents is 1. The monoisotopic (exact) mass is 312 g/mol. The lowest BCUT2D eigenvalue weighted by Crippen LogP contribution is -2.36. The number of hydrogen-bond donors (Lipinski definition) is 2. The molecule has 0 saturated heterocycles. The summed E-state index contributed by atoms with van der Waals surface area (Å²) in [6.07, 6.45) is 0. The van der Waals surface area contributed by atoms with E-state index in [1.165, 1.54) is 23.3 Å². The zero-order valence-electron chi connectivity index (χ0n) is 13.2. The van der Waals surface area contributed by atoms with Crippen LogP contribution < -0.4 is 10.6 Å². The van der Waals surface area contributed by atoms with E-state index in [2.05, 4.69) is 34.7 Å². The third-order valence-corrected chi connectivity index (χ3v) is 3.54. The molecule has 0 aliphatic rings. The van der Waals surface area contributed by atoms with Crippen molar-refractivity contribution in [1.82, 2.24) is 10.6 Å². The van der Waals surface area contributed by atoms with Crippen LogP contribution in [-0.4, -0.2) is 17.9 Å². The minimum atomic E-state index is -0.403. The fraction of sp³-hybridized carbons (Fsp3) is 0.235. The molecule has 0 heterocycles. The predicted octanol–water partition coefficient (Wildman–Crippen LogP) is 2.77. The minimum Gasteiger partial charge on any atom is -0.352 e. The van der Waals surface area contributed by atoms with Crippen LogP contribution in [0.3, 0.4) is 0 Å². The van der Waals surface area contributed by atoms with Gasteiger partial charge in [0.2, 0.25) is 0 Å². The Morgan fingerprint density at radius 3 is 2.35 bits per heavy atom. The van der Waals surface area contributed by atoms with Gasteiger partial charge in [-0.15, -0.1) is 0 Å². The van der Waals surface area contributed by atoms with Gasteiger partial charge in [-0.2, -0.15) is 0 Å². The molecule has 0 radical (unpaired) electrons. The van der Waals surface area contributed by atoms with Crippen LogP contribution in [0.2, 0.25) is 0 Å². The minimum absolute atomic E-state index is 0.0933. The Labute approximate surface area is 135 Å². The average molecular weight is 312 g/mol. The lowest BCUT2D eigenvalue weighted by Gasteiger charge is -2.13. The molecule has 2 aromatic carbocycles. The number of aliphatic imine (C=N–C) groups is 1. The summed E-state index contributed by atoms with van der Waals surface area (Å²) in [5.74, 6) is 0.687. The van der Waals surface area contributed by atoms with Crippen LogP contribution in [0.1, 0.15) is 16.7 Å². The van der Waals surface area contributed by atoms with E-state index >= 15 is 0 Å². The third kappa shape index (κ3) is 4.81. The second-order valence-electron chi connectivity index (χ2n) is 5.13. The van der Waals surface area contributed by atoms with E-state index in [1.807, 2.05) is 12.1 Å². The second-order valence-corrected chi connectivity index (χ2v) is 5.13. The Balaban J connectivity index is 1.88. The summed E-state index contributed by atoms with van der Waals surface area (Å²) in [5.41, 5.74) is 3.49. The fourth-order valence-corrected chi connectivity index (χ4v) is 2.13. The first-order chi connectivity index (χ1) is 11.1. The van der Waals surface area contributed by atoms with Crippen molar-refractivity contribution in [2.75, 3.05) is 7.05 Å². The van der Waals surface area contributed by atoms with Crippen molar-refractivity contribution in [3.8, 4) is 0 Å². The molecule has 0 aliphatic carbocycles. The first kappa shape index (κ1) is 16.5. The number of benzene rings is 2. The van der Waals surface area contributed by atoms with Gasteiger partial charge in [-0.25, -0.2) is 0 Å². The molecule has 0 spiro atoms. The van der Waals surface area contributed by atoms with Crippen molar-refractivity contribution in [2.24, 2.45) is 4.99 Å². The Hall–Kier alpha value is -2.89. The zero-order chi connectivity index (χ0) is 16.7. The van der Waals surface area contributed by atoms with E-state index in [9.17, 15) is 10.1 Å². The van der Waals surface area contributed by atoms with Gasteiger partial charge in [-0.05, 0) is 23.6 Å². The Morgan fingerprint density at radius 1 is 1.09 bits per heavy atom. The fourth-order valence-electron chi connectivity index (χ4n) is 2.13. The Morgan fingerprint density at radius 2 is 1.74 bits per heavy atom. The number of nitro groups is 1. The highest BCUT2D eigenvalue weighted by Gasteiger charge is 2.05. The molecule has 23 heavy (non-hydrogen) atoms. The van der Waals surface area contributed by atoms with Crippen molar-refractivity contribution < 1.29 is 4.92 Å². The van der Waals surface area contributed by atoms with Crippen molar-refractivity contribution >= 4 is 11.6 Å². The molecule has 0 aliphatic heterocycles. The van der Waals surface area contributed by atoms with Gasteiger partial charge in [0.1, 0.15) is 0 Å². The maximum absolute atomic E-state index is 10.6. The lowest BCUT2D eigenvalue weighted by molar-refractivity contribution is -0.384. The second kappa shape index (κ2) is 7.93. The number of guanidine groups is 1. The average Bonchev–Trinajstić information content (AvgIpc) is 2.57. The highest BCUT2D eigenvalue weighted by Crippen LogP contribution is 2.11. The first-order valence-corrected chi connectivity index (χ1v) is 7.32. The quantitative estimate of drug-likeness (QED) is 0.385. The SMILES string of the molecule is CN=C(NCc1ccc([N+](=O)[O-])cc1)NCc1ccccc1C. The molecule has 0 atom stereocenters. The van der Waals surface area contributed by atoms with E-state index in [-0.39, 0.29) is 5.69 Å². The summed E-state index contributed by atoms with van der Waals surface area (Å²) in [5, 5.41) is 17.1. The van der Waals surface area contributed by atoms with E-state index in [0.29, 0.717) is 19.0 Å². The van der Waals surface area contributed by atoms with Crippen molar-refractivity contribution in [1.29, 1.82) is 0 Å². The maximum Gasteiger partial charge on any atom is 0.269 e. The van der Waals surface area contributed by atoms with Gasteiger partial charge in [-0.1, -0.05) is 36.4 Å². The predicted molar refractivity (Wildman–Crippen MR) is 91.3 cm³/mol. The number of rotatable bonds is 5. The number of nitro benzene ring substituents is 1. The van der Waals surface area contributed by atoms with Gasteiger partial charge in [0.05, 0.1) is 4.92 Å². The largest absolute Gasteiger partial charge is 0.352 e. The molecular formula is C17H20N4O2. The summed E-state index contributed by atoms with van der Waals surface area (Å²) in [7, 11) is 1.71. The molecule has 2 rings (SSSR count). The first-order valence-electron chi connectivity index (χ1n) is 7.32. The highest BCUT2D eigenvalue weighted by molar-refractivity contribution is 5.79. The van der Waals surface area contributed by atoms with Crippen molar-refractivity contribution in [3.63, 3.8) is 0 Å². The number of nitrogens with zero attached hydrogens (tertiary/aromatic N) is 2. The molecule has 0 unspecified atom stereocenters. The molecular weight excluding hydrogens is 292 g/mol. The van der Waals surface area contributed by atoms with Crippen LogP contribution in [0.4, 0.5) is 5.69 Å². The van der Waals surface area contributed by atoms with Gasteiger partial charge in [0.25, 0.3) is 5.69 Å². The molecule has 0 amide bonds. The molecule has 0 saturated carbocycles. The Bertz CT molecular complexity index is 696. The molecule has 6 nitrogen and oxygen atoms in total. The normalized spacial score (nSPS) is 11.1. The van der Waals surface area contributed by atoms with Crippen LogP contribution in [-0.2, 0) is 13.1 Å². The van der Waals surface area contributed by atoms with Gasteiger partial charge in [0, 0.05) is 32.3 Å². The zero-order valence-corrected chi connectivity index (χ0v) is 13.2. The summed E-state index contributed by atoms with van der Waals surface area (Å²) in [6, 6.07) is 14.6. The molecule has 120 valence electrons. The molecule has 2 N–H and O–H groups in total. The maximum atomic E-state index is 10.6. The van der Waals surface area contributed by atoms with Gasteiger partial charge in [-0.3, -0.25) is 15.1 Å². The summed E-state index contributed by atoms with van der Waals surface area (Å²) in [4.78, 5) is 14.4. The standard InChI is InChI=1S/C17H20N4O2/c1-13-5-3-4-6-15(13)12-20-17(18-2)19-11-14-7-9-16(10-8-14)21(22)23/h3-10H,11-12H2,1-2H3,(H2,18,19,20). The molecule has 0 fully saturated rings. The third-order valence-electron chi connectivity index (χ3n) is 3.54. The van der Waals surface area contributed by atoms with Crippen molar-refractivity contribution in [2.45, 2.75) is 20.0 Å². The van der Waals surface area contributed by atoms with Crippen molar-refractivity contribution in [3.05, 3.63) is 75.3 Å². The molecule has 0 bridgehead atoms. The van der Waals surface area contributed by atoms with Crippen LogP contribution >= 0.6 is 0 Å². The summed E-state index contributed by atoms with van der Waals surface area (Å²) < 4.78 is 0. The van der Waals surface area contributed by atoms with E-state index in [0.717, 1.165) is 5.56 Å². The summed E-state index contributed by atoms with van der Waals surface area (Å²) in [6.45, 7) is 3.31. The molecule has 0 aromatic heterocycles. The number of hydrogen-bond acceptors (Lipinski definition) is 3. The number of aryl methyl sites for hydroxylation is 1. The van der Waals surface area contributed by atoms with E-state index in [1.54, 1.807) is 19.2 Å². The summed E-state index contributed by atoms with van der Waals surface area (Å²) >= 11 is 0. The smallest absolute Gasteiger partial charge is 0.269 e. The Kier molecular flexibility index (Phi) is 5.68. The van der Waals surface area contributed by atoms with Crippen LogP contribution in [0.5, 0.6) is 0 Å². The topological polar surface area (TPSA) is 79.6 Å². The van der Waals surface area contributed by atoms with Gasteiger partial charge < -0.3 is 10.6 Å². The van der Waals surface area contributed by atoms with E-state index < -0.39 is 4.92 Å². The van der Waals surface area contributed by atoms with Crippen LogP contribution in [0.25, 0.3) is 0 Å². The van der Waals surface area contributed by atoms with Gasteiger partial charge >= 0.3 is 0 Å². The highest BCUT2D eigenvalue weighted by atomic mass is 16.6. The molecule has 2 aromatic rings. The van der Waals surface area contributed by atoms with E-state index in [4.69, 9.17) is 0 Å². The van der Waals surface area contributed by atoms with Crippen LogP contribution in [0, 0.1) is 17.0 Å². The number of nitrogens with one attached hydrogen (secondary N) is 2. The van der Waals surface area contributed by atoms with Gasteiger partial charge in [0.15, 0.2) is 5.96 Å². The van der Waals surface area contributed by atoms with Crippen LogP contribution in [0.15, 0.2) is 53.5 Å². The lowest BCUT2D eigenvalue weighted by atomic mass is 10.1. The molecule has 6 heteroatoms.